The molecule has 1 unspecified atom stereocenters. The molecule has 1 atom stereocenters. The summed E-state index contributed by atoms with van der Waals surface area (Å²) in [6.07, 6.45) is 1.17. The number of benzene rings is 1. The lowest BCUT2D eigenvalue weighted by Crippen LogP contribution is -2.27. The van der Waals surface area contributed by atoms with Gasteiger partial charge in [0.2, 0.25) is 0 Å². The molecule has 76 valence electrons. The van der Waals surface area contributed by atoms with Crippen molar-refractivity contribution < 1.29 is 14.7 Å². The standard InChI is InChI=1S/C10H6BrNO3/c11-5-1-2-8-6(3-5)9(13)7(4-12-8)10(14)15/h1-4,7H,(H,14,15). The van der Waals surface area contributed by atoms with Crippen LogP contribution in [-0.2, 0) is 4.79 Å². The molecule has 0 fully saturated rings. The summed E-state index contributed by atoms with van der Waals surface area (Å²) in [6, 6.07) is 5.01. The van der Waals surface area contributed by atoms with Crippen molar-refractivity contribution >= 4 is 39.6 Å². The first-order chi connectivity index (χ1) is 7.09. The van der Waals surface area contributed by atoms with E-state index in [0.29, 0.717) is 11.3 Å². The van der Waals surface area contributed by atoms with Crippen LogP contribution in [0.25, 0.3) is 0 Å². The summed E-state index contributed by atoms with van der Waals surface area (Å²) < 4.78 is 0.732. The van der Waals surface area contributed by atoms with E-state index >= 15 is 0 Å². The Morgan fingerprint density at radius 3 is 2.87 bits per heavy atom. The van der Waals surface area contributed by atoms with Crippen molar-refractivity contribution in [1.82, 2.24) is 0 Å². The third kappa shape index (κ3) is 1.70. The number of carbonyl (C=O) groups is 2. The maximum absolute atomic E-state index is 11.7. The number of halogens is 1. The smallest absolute Gasteiger partial charge is 0.319 e. The molecule has 0 saturated carbocycles. The molecule has 5 heteroatoms. The van der Waals surface area contributed by atoms with E-state index < -0.39 is 17.7 Å². The van der Waals surface area contributed by atoms with Crippen LogP contribution in [0.4, 0.5) is 5.69 Å². The zero-order chi connectivity index (χ0) is 11.0. The maximum Gasteiger partial charge on any atom is 0.319 e. The molecule has 0 bridgehead atoms. The van der Waals surface area contributed by atoms with E-state index in [1.54, 1.807) is 18.2 Å². The second kappa shape index (κ2) is 3.58. The van der Waals surface area contributed by atoms with Crippen molar-refractivity contribution in [3.05, 3.63) is 28.2 Å². The van der Waals surface area contributed by atoms with E-state index in [-0.39, 0.29) is 0 Å². The molecule has 2 rings (SSSR count). The van der Waals surface area contributed by atoms with E-state index in [1.807, 2.05) is 0 Å². The van der Waals surface area contributed by atoms with E-state index in [1.165, 1.54) is 6.21 Å². The van der Waals surface area contributed by atoms with Crippen molar-refractivity contribution in [2.45, 2.75) is 0 Å². The Hall–Kier alpha value is -1.49. The van der Waals surface area contributed by atoms with Gasteiger partial charge in [0.25, 0.3) is 0 Å². The minimum Gasteiger partial charge on any atom is -0.480 e. The van der Waals surface area contributed by atoms with Gasteiger partial charge in [0, 0.05) is 16.3 Å². The average Bonchev–Trinajstić information content (AvgIpc) is 2.19. The number of aliphatic imine (C=N–C) groups is 1. The lowest BCUT2D eigenvalue weighted by atomic mass is 9.95. The van der Waals surface area contributed by atoms with Crippen LogP contribution in [-0.4, -0.2) is 23.1 Å². The van der Waals surface area contributed by atoms with Gasteiger partial charge in [-0.15, -0.1) is 0 Å². The van der Waals surface area contributed by atoms with Crippen LogP contribution in [0, 0.1) is 5.92 Å². The summed E-state index contributed by atoms with van der Waals surface area (Å²) in [6.45, 7) is 0. The summed E-state index contributed by atoms with van der Waals surface area (Å²) in [5, 5.41) is 8.78. The van der Waals surface area contributed by atoms with Gasteiger partial charge in [0.15, 0.2) is 11.7 Å². The molecule has 0 aromatic heterocycles. The third-order valence-corrected chi connectivity index (χ3v) is 2.63. The van der Waals surface area contributed by atoms with Crippen molar-refractivity contribution in [1.29, 1.82) is 0 Å². The summed E-state index contributed by atoms with van der Waals surface area (Å²) in [7, 11) is 0. The van der Waals surface area contributed by atoms with Gasteiger partial charge in [-0.05, 0) is 18.2 Å². The zero-order valence-corrected chi connectivity index (χ0v) is 9.06. The Bertz CT molecular complexity index is 482. The van der Waals surface area contributed by atoms with Crippen molar-refractivity contribution in [3.63, 3.8) is 0 Å². The van der Waals surface area contributed by atoms with Crippen LogP contribution in [0.3, 0.4) is 0 Å². The molecule has 1 aliphatic heterocycles. The highest BCUT2D eigenvalue weighted by Gasteiger charge is 2.30. The van der Waals surface area contributed by atoms with E-state index in [9.17, 15) is 9.59 Å². The molecule has 1 heterocycles. The second-order valence-corrected chi connectivity index (χ2v) is 4.04. The number of carboxylic acid groups (broad SMARTS) is 1. The van der Waals surface area contributed by atoms with Gasteiger partial charge in [-0.3, -0.25) is 14.6 Å². The number of carbonyl (C=O) groups excluding carboxylic acids is 1. The summed E-state index contributed by atoms with van der Waals surface area (Å²) in [5.41, 5.74) is 0.861. The average molecular weight is 268 g/mol. The quantitative estimate of drug-likeness (QED) is 0.792. The molecule has 1 aromatic carbocycles. The highest BCUT2D eigenvalue weighted by atomic mass is 79.9. The number of ketones is 1. The topological polar surface area (TPSA) is 66.7 Å². The first-order valence-corrected chi connectivity index (χ1v) is 4.99. The Morgan fingerprint density at radius 2 is 2.20 bits per heavy atom. The molecule has 0 amide bonds. The minimum atomic E-state index is -1.17. The Morgan fingerprint density at radius 1 is 1.47 bits per heavy atom. The first kappa shape index (κ1) is 10.0. The van der Waals surface area contributed by atoms with Gasteiger partial charge in [0.1, 0.15) is 0 Å². The molecule has 4 nitrogen and oxygen atoms in total. The van der Waals surface area contributed by atoms with Gasteiger partial charge >= 0.3 is 5.97 Å². The summed E-state index contributed by atoms with van der Waals surface area (Å²) >= 11 is 3.22. The predicted molar refractivity (Wildman–Crippen MR) is 57.8 cm³/mol. The second-order valence-electron chi connectivity index (χ2n) is 3.12. The van der Waals surface area contributed by atoms with Crippen LogP contribution < -0.4 is 0 Å². The molecule has 0 radical (unpaired) electrons. The third-order valence-electron chi connectivity index (χ3n) is 2.14. The molecule has 0 saturated heterocycles. The predicted octanol–water partition coefficient (Wildman–Crippen LogP) is 2.05. The van der Waals surface area contributed by atoms with Gasteiger partial charge in [-0.1, -0.05) is 15.9 Å². The number of carboxylic acids is 1. The Balaban J connectivity index is 2.53. The molecule has 1 aromatic rings. The molecule has 1 N–H and O–H groups in total. The summed E-state index contributed by atoms with van der Waals surface area (Å²) in [4.78, 5) is 26.4. The van der Waals surface area contributed by atoms with Crippen LogP contribution >= 0.6 is 15.9 Å². The van der Waals surface area contributed by atoms with Crippen molar-refractivity contribution in [3.8, 4) is 0 Å². The monoisotopic (exact) mass is 267 g/mol. The fraction of sp³-hybridized carbons (Fsp3) is 0.100. The molecule has 0 spiro atoms. The number of fused-ring (bicyclic) bond motifs is 1. The molecular formula is C10H6BrNO3. The van der Waals surface area contributed by atoms with Gasteiger partial charge < -0.3 is 5.11 Å². The number of aliphatic carboxylic acids is 1. The highest BCUT2D eigenvalue weighted by molar-refractivity contribution is 9.10. The molecule has 0 aliphatic carbocycles. The Kier molecular flexibility index (Phi) is 2.40. The maximum atomic E-state index is 11.7. The fourth-order valence-electron chi connectivity index (χ4n) is 1.38. The van der Waals surface area contributed by atoms with E-state index in [4.69, 9.17) is 5.11 Å². The molecule has 1 aliphatic rings. The number of nitrogens with zero attached hydrogens (tertiary/aromatic N) is 1. The van der Waals surface area contributed by atoms with Gasteiger partial charge in [-0.25, -0.2) is 0 Å². The van der Waals surface area contributed by atoms with E-state index in [2.05, 4.69) is 20.9 Å². The first-order valence-electron chi connectivity index (χ1n) is 4.20. The molecule has 15 heavy (non-hydrogen) atoms. The van der Waals surface area contributed by atoms with Crippen LogP contribution in [0.1, 0.15) is 10.4 Å². The lowest BCUT2D eigenvalue weighted by molar-refractivity contribution is -0.137. The van der Waals surface area contributed by atoms with Crippen molar-refractivity contribution in [2.24, 2.45) is 10.9 Å². The largest absolute Gasteiger partial charge is 0.480 e. The SMILES string of the molecule is O=C(O)C1C=Nc2ccc(Br)cc2C1=O. The van der Waals surface area contributed by atoms with Crippen LogP contribution in [0.15, 0.2) is 27.7 Å². The minimum absolute atomic E-state index is 0.347. The lowest BCUT2D eigenvalue weighted by Gasteiger charge is -2.13. The highest BCUT2D eigenvalue weighted by Crippen LogP contribution is 2.28. The molecular weight excluding hydrogens is 262 g/mol. The van der Waals surface area contributed by atoms with Crippen LogP contribution in [0.5, 0.6) is 0 Å². The number of hydrogen-bond acceptors (Lipinski definition) is 3. The Labute approximate surface area is 93.8 Å². The fourth-order valence-corrected chi connectivity index (χ4v) is 1.75. The van der Waals surface area contributed by atoms with E-state index in [0.717, 1.165) is 4.47 Å². The number of rotatable bonds is 1. The van der Waals surface area contributed by atoms with Crippen LogP contribution in [0.2, 0.25) is 0 Å². The number of hydrogen-bond donors (Lipinski definition) is 1. The normalized spacial score (nSPS) is 18.7. The number of Topliss-reactive ketones (excluding diaryl/α,β-unsaturated/α-hetero) is 1. The van der Waals surface area contributed by atoms with Crippen molar-refractivity contribution in [2.75, 3.05) is 0 Å². The zero-order valence-electron chi connectivity index (χ0n) is 7.48. The van der Waals surface area contributed by atoms with Gasteiger partial charge in [-0.2, -0.15) is 0 Å². The summed E-state index contributed by atoms with van der Waals surface area (Å²) in [5.74, 6) is -2.75. The van der Waals surface area contributed by atoms with Gasteiger partial charge in [0.05, 0.1) is 5.69 Å².